The quantitative estimate of drug-likeness (QED) is 0.820. The molecule has 0 spiro atoms. The number of methoxy groups -OCH3 is 1. The molecule has 0 aliphatic carbocycles. The lowest BCUT2D eigenvalue weighted by molar-refractivity contribution is 0.227. The van der Waals surface area contributed by atoms with Crippen LogP contribution in [0.1, 0.15) is 26.3 Å². The number of likely N-dealkylation sites (N-methyl/N-ethyl adjacent to an activating group) is 1. The van der Waals surface area contributed by atoms with Crippen LogP contribution in [0.5, 0.6) is 11.5 Å². The molecular weight excluding hydrogens is 240 g/mol. The molecule has 0 aliphatic heterocycles. The van der Waals surface area contributed by atoms with Crippen LogP contribution in [0.3, 0.4) is 0 Å². The lowest BCUT2D eigenvalue weighted by Gasteiger charge is -2.23. The standard InChI is InChI=1S/C15H22N2O2/c1-5-12-7-8-13(14(9-12)18-4)19-11-15(3,10-16)17-6-2/h7-9,17H,5-6,11H2,1-4H3. The fourth-order valence-corrected chi connectivity index (χ4v) is 1.79. The smallest absolute Gasteiger partial charge is 0.161 e. The Morgan fingerprint density at radius 2 is 2.05 bits per heavy atom. The van der Waals surface area contributed by atoms with E-state index in [1.54, 1.807) is 7.11 Å². The van der Waals surface area contributed by atoms with Crippen LogP contribution in [0.4, 0.5) is 0 Å². The molecule has 1 rings (SSSR count). The number of rotatable bonds is 7. The summed E-state index contributed by atoms with van der Waals surface area (Å²) >= 11 is 0. The summed E-state index contributed by atoms with van der Waals surface area (Å²) in [5.41, 5.74) is 0.502. The van der Waals surface area contributed by atoms with Crippen LogP contribution >= 0.6 is 0 Å². The third-order valence-electron chi connectivity index (χ3n) is 2.97. The van der Waals surface area contributed by atoms with Crippen molar-refractivity contribution in [2.75, 3.05) is 20.3 Å². The van der Waals surface area contributed by atoms with E-state index in [9.17, 15) is 5.26 Å². The van der Waals surface area contributed by atoms with Gasteiger partial charge in [-0.2, -0.15) is 5.26 Å². The molecule has 1 aromatic rings. The monoisotopic (exact) mass is 262 g/mol. The van der Waals surface area contributed by atoms with Crippen LogP contribution in [0.25, 0.3) is 0 Å². The lowest BCUT2D eigenvalue weighted by atomic mass is 10.1. The van der Waals surface area contributed by atoms with E-state index in [2.05, 4.69) is 18.3 Å². The van der Waals surface area contributed by atoms with Crippen LogP contribution in [0.15, 0.2) is 18.2 Å². The molecule has 4 heteroatoms. The van der Waals surface area contributed by atoms with E-state index in [1.165, 1.54) is 5.56 Å². The average molecular weight is 262 g/mol. The Balaban J connectivity index is 2.80. The zero-order chi connectivity index (χ0) is 14.3. The molecule has 0 saturated heterocycles. The van der Waals surface area contributed by atoms with Crippen molar-refractivity contribution in [2.45, 2.75) is 32.7 Å². The number of ether oxygens (including phenoxy) is 2. The van der Waals surface area contributed by atoms with Crippen LogP contribution < -0.4 is 14.8 Å². The topological polar surface area (TPSA) is 54.3 Å². The van der Waals surface area contributed by atoms with Gasteiger partial charge in [-0.15, -0.1) is 0 Å². The molecule has 0 amide bonds. The van der Waals surface area contributed by atoms with E-state index in [0.29, 0.717) is 11.5 Å². The van der Waals surface area contributed by atoms with Crippen molar-refractivity contribution < 1.29 is 9.47 Å². The second kappa shape index (κ2) is 7.01. The lowest BCUT2D eigenvalue weighted by Crippen LogP contribution is -2.46. The Labute approximate surface area is 115 Å². The van der Waals surface area contributed by atoms with Crippen molar-refractivity contribution in [3.05, 3.63) is 23.8 Å². The summed E-state index contributed by atoms with van der Waals surface area (Å²) in [7, 11) is 1.62. The molecule has 0 saturated carbocycles. The van der Waals surface area contributed by atoms with Gasteiger partial charge in [-0.25, -0.2) is 0 Å². The molecule has 0 radical (unpaired) electrons. The third-order valence-corrected chi connectivity index (χ3v) is 2.97. The van der Waals surface area contributed by atoms with E-state index < -0.39 is 5.54 Å². The molecule has 19 heavy (non-hydrogen) atoms. The molecule has 1 aromatic carbocycles. The van der Waals surface area contributed by atoms with Crippen LogP contribution in [-0.4, -0.2) is 25.8 Å². The highest BCUT2D eigenvalue weighted by atomic mass is 16.5. The maximum atomic E-state index is 9.18. The van der Waals surface area contributed by atoms with Gasteiger partial charge in [0.05, 0.1) is 13.2 Å². The van der Waals surface area contributed by atoms with Gasteiger partial charge in [-0.3, -0.25) is 5.32 Å². The number of hydrogen-bond donors (Lipinski definition) is 1. The zero-order valence-electron chi connectivity index (χ0n) is 12.1. The second-order valence-corrected chi connectivity index (χ2v) is 4.60. The normalized spacial score (nSPS) is 13.4. The SMILES string of the molecule is CCNC(C)(C#N)COc1ccc(CC)cc1OC. The highest BCUT2D eigenvalue weighted by molar-refractivity contribution is 5.43. The van der Waals surface area contributed by atoms with E-state index in [-0.39, 0.29) is 6.61 Å². The predicted molar refractivity (Wildman–Crippen MR) is 75.6 cm³/mol. The first-order valence-corrected chi connectivity index (χ1v) is 6.54. The van der Waals surface area contributed by atoms with Gasteiger partial charge in [0.2, 0.25) is 0 Å². The molecule has 0 bridgehead atoms. The summed E-state index contributed by atoms with van der Waals surface area (Å²) < 4.78 is 11.0. The first-order valence-electron chi connectivity index (χ1n) is 6.54. The van der Waals surface area contributed by atoms with Crippen molar-refractivity contribution in [1.29, 1.82) is 5.26 Å². The van der Waals surface area contributed by atoms with Crippen LogP contribution in [0.2, 0.25) is 0 Å². The van der Waals surface area contributed by atoms with E-state index in [4.69, 9.17) is 9.47 Å². The average Bonchev–Trinajstić information content (AvgIpc) is 2.45. The summed E-state index contributed by atoms with van der Waals surface area (Å²) in [6.07, 6.45) is 0.948. The summed E-state index contributed by atoms with van der Waals surface area (Å²) in [6, 6.07) is 8.10. The number of hydrogen-bond acceptors (Lipinski definition) is 4. The molecule has 4 nitrogen and oxygen atoms in total. The number of nitrogens with zero attached hydrogens (tertiary/aromatic N) is 1. The van der Waals surface area contributed by atoms with Gasteiger partial charge < -0.3 is 9.47 Å². The molecule has 1 atom stereocenters. The van der Waals surface area contributed by atoms with Crippen LogP contribution in [-0.2, 0) is 6.42 Å². The molecule has 0 aromatic heterocycles. The van der Waals surface area contributed by atoms with Gasteiger partial charge >= 0.3 is 0 Å². The first kappa shape index (κ1) is 15.3. The Bertz CT molecular complexity index is 454. The van der Waals surface area contributed by atoms with Gasteiger partial charge in [0, 0.05) is 0 Å². The molecule has 104 valence electrons. The number of benzene rings is 1. The first-order chi connectivity index (χ1) is 9.08. The molecular formula is C15H22N2O2. The number of nitriles is 1. The highest BCUT2D eigenvalue weighted by Gasteiger charge is 2.24. The predicted octanol–water partition coefficient (Wildman–Crippen LogP) is 2.53. The zero-order valence-corrected chi connectivity index (χ0v) is 12.1. The van der Waals surface area contributed by atoms with Crippen molar-refractivity contribution in [3.8, 4) is 17.6 Å². The maximum Gasteiger partial charge on any atom is 0.161 e. The molecule has 1 N–H and O–H groups in total. The minimum Gasteiger partial charge on any atom is -0.493 e. The summed E-state index contributed by atoms with van der Waals surface area (Å²) in [4.78, 5) is 0. The van der Waals surface area contributed by atoms with Gasteiger partial charge in [0.25, 0.3) is 0 Å². The fourth-order valence-electron chi connectivity index (χ4n) is 1.79. The summed E-state index contributed by atoms with van der Waals surface area (Å²) in [5.74, 6) is 1.37. The fraction of sp³-hybridized carbons (Fsp3) is 0.533. The number of nitrogens with one attached hydrogen (secondary N) is 1. The largest absolute Gasteiger partial charge is 0.493 e. The maximum absolute atomic E-state index is 9.18. The Morgan fingerprint density at radius 1 is 1.32 bits per heavy atom. The van der Waals surface area contributed by atoms with Gasteiger partial charge in [0.15, 0.2) is 11.5 Å². The van der Waals surface area contributed by atoms with Crippen LogP contribution in [0, 0.1) is 11.3 Å². The Kier molecular flexibility index (Phi) is 5.65. The minimum absolute atomic E-state index is 0.277. The van der Waals surface area contributed by atoms with Crippen molar-refractivity contribution in [2.24, 2.45) is 0 Å². The third kappa shape index (κ3) is 4.15. The Morgan fingerprint density at radius 3 is 2.58 bits per heavy atom. The molecule has 1 unspecified atom stereocenters. The minimum atomic E-state index is -0.691. The second-order valence-electron chi connectivity index (χ2n) is 4.60. The van der Waals surface area contributed by atoms with Crippen molar-refractivity contribution in [3.63, 3.8) is 0 Å². The molecule has 0 aliphatic rings. The summed E-state index contributed by atoms with van der Waals surface area (Å²) in [5, 5.41) is 12.3. The van der Waals surface area contributed by atoms with E-state index >= 15 is 0 Å². The molecule has 0 heterocycles. The van der Waals surface area contributed by atoms with Crippen molar-refractivity contribution >= 4 is 0 Å². The Hall–Kier alpha value is -1.73. The van der Waals surface area contributed by atoms with E-state index in [0.717, 1.165) is 13.0 Å². The molecule has 0 fully saturated rings. The number of aryl methyl sites for hydroxylation is 1. The van der Waals surface area contributed by atoms with Crippen molar-refractivity contribution in [1.82, 2.24) is 5.32 Å². The highest BCUT2D eigenvalue weighted by Crippen LogP contribution is 2.28. The van der Waals surface area contributed by atoms with E-state index in [1.807, 2.05) is 32.0 Å². The van der Waals surface area contributed by atoms with Gasteiger partial charge in [0.1, 0.15) is 12.1 Å². The van der Waals surface area contributed by atoms with Gasteiger partial charge in [-0.1, -0.05) is 19.9 Å². The summed E-state index contributed by atoms with van der Waals surface area (Å²) in [6.45, 7) is 6.88. The van der Waals surface area contributed by atoms with Gasteiger partial charge in [-0.05, 0) is 37.6 Å².